The van der Waals surface area contributed by atoms with E-state index in [0.717, 1.165) is 77.0 Å². The molecule has 6 N–H and O–H groups in total. The number of esters is 2. The van der Waals surface area contributed by atoms with Crippen LogP contribution in [0.25, 0.3) is 0 Å². The maximum Gasteiger partial charge on any atom is 0.472 e. The Morgan fingerprint density at radius 2 is 0.803 bits per heavy atom. The highest BCUT2D eigenvalue weighted by Gasteiger charge is 2.51. The Balaban J connectivity index is 2.36. The van der Waals surface area contributed by atoms with Crippen LogP contribution in [0.4, 0.5) is 0 Å². The summed E-state index contributed by atoms with van der Waals surface area (Å²) < 4.78 is 33.7. The zero-order chi connectivity index (χ0) is 52.1. The predicted octanol–water partition coefficient (Wildman–Crippen LogP) is 12.8. The second kappa shape index (κ2) is 46.1. The monoisotopic (exact) mass is 1020 g/mol. The Bertz CT molecular complexity index is 1470. The van der Waals surface area contributed by atoms with Crippen LogP contribution in [-0.2, 0) is 32.7 Å². The Labute approximate surface area is 430 Å². The van der Waals surface area contributed by atoms with Gasteiger partial charge in [0.2, 0.25) is 0 Å². The largest absolute Gasteiger partial charge is 0.472 e. The molecular weight excluding hydrogens is 924 g/mol. The van der Waals surface area contributed by atoms with Gasteiger partial charge in [0.15, 0.2) is 6.10 Å². The average molecular weight is 1030 g/mol. The first-order valence-corrected chi connectivity index (χ1v) is 29.6. The second-order valence-electron chi connectivity index (χ2n) is 19.4. The van der Waals surface area contributed by atoms with Crippen molar-refractivity contribution < 1.29 is 63.1 Å². The third-order valence-electron chi connectivity index (χ3n) is 12.9. The van der Waals surface area contributed by atoms with Crippen LogP contribution in [-0.4, -0.2) is 98.3 Å². The van der Waals surface area contributed by atoms with Crippen molar-refractivity contribution in [3.63, 3.8) is 0 Å². The van der Waals surface area contributed by atoms with Crippen molar-refractivity contribution in [2.45, 2.75) is 275 Å². The van der Waals surface area contributed by atoms with E-state index >= 15 is 0 Å². The summed E-state index contributed by atoms with van der Waals surface area (Å²) in [7, 11) is -5.13. The first-order chi connectivity index (χ1) is 34.4. The van der Waals surface area contributed by atoms with Gasteiger partial charge in [0.1, 0.15) is 43.2 Å². The van der Waals surface area contributed by atoms with Crippen LogP contribution in [0.1, 0.15) is 232 Å². The van der Waals surface area contributed by atoms with Crippen LogP contribution in [0.2, 0.25) is 0 Å². The van der Waals surface area contributed by atoms with Gasteiger partial charge in [-0.1, -0.05) is 222 Å². The number of aliphatic hydroxyl groups is 5. The summed E-state index contributed by atoms with van der Waals surface area (Å²) in [6.07, 6.45) is 45.6. The van der Waals surface area contributed by atoms with Gasteiger partial charge in [0.05, 0.1) is 6.61 Å². The lowest BCUT2D eigenvalue weighted by Gasteiger charge is -2.41. The fraction of sp³-hybridized carbons (Fsp3) is 0.789. The number of hydrogen-bond acceptors (Lipinski definition) is 12. The van der Waals surface area contributed by atoms with Gasteiger partial charge in [0.25, 0.3) is 0 Å². The van der Waals surface area contributed by atoms with Crippen LogP contribution >= 0.6 is 7.82 Å². The minimum Gasteiger partial charge on any atom is -0.462 e. The number of aliphatic hydroxyl groups excluding tert-OH is 5. The highest BCUT2D eigenvalue weighted by atomic mass is 31.2. The molecule has 0 heterocycles. The van der Waals surface area contributed by atoms with Gasteiger partial charge in [-0.05, 0) is 57.8 Å². The molecular formula is C57H101O13P. The van der Waals surface area contributed by atoms with Crippen molar-refractivity contribution in [2.24, 2.45) is 0 Å². The van der Waals surface area contributed by atoms with Gasteiger partial charge >= 0.3 is 19.8 Å². The molecule has 1 rings (SSSR count). The molecule has 13 nitrogen and oxygen atoms in total. The molecule has 0 amide bonds. The van der Waals surface area contributed by atoms with E-state index in [9.17, 15) is 44.6 Å². The summed E-state index contributed by atoms with van der Waals surface area (Å²) in [4.78, 5) is 35.9. The standard InChI is InChI=1S/C57H101O13P/c1-3-5-7-9-11-13-15-17-19-21-23-24-25-26-28-30-32-34-36-38-40-42-44-46-51(59)69-49(48-68-71(65,66)70-57-55(63)53(61)52(60)54(62)56(57)64)47-67-50(58)45-43-41-39-37-35-33-31-29-27-22-20-18-16-14-12-10-8-6-4-2/h6,8,12,14,18,20,27,29,33,35,49,52-57,60-64H,3-5,7,9-11,13,15-17,19,21-26,28,30-32,34,36-48H2,1-2H3,(H,65,66)/b8-6+,14-12+,20-18+,29-27+,35-33+/t49-,52?,53-,54?,55?,56?,57?/m1/s1. The minimum absolute atomic E-state index is 0.0907. The lowest BCUT2D eigenvalue weighted by atomic mass is 9.85. The number of carbonyl (C=O) groups is 2. The number of rotatable bonds is 47. The molecule has 1 fully saturated rings. The lowest BCUT2D eigenvalue weighted by Crippen LogP contribution is -2.64. The molecule has 0 aromatic heterocycles. The molecule has 0 aromatic carbocycles. The summed E-state index contributed by atoms with van der Waals surface area (Å²) in [5.41, 5.74) is 0. The minimum atomic E-state index is -5.13. The fourth-order valence-corrected chi connectivity index (χ4v) is 9.41. The highest BCUT2D eigenvalue weighted by Crippen LogP contribution is 2.47. The second-order valence-corrected chi connectivity index (χ2v) is 20.8. The molecule has 8 atom stereocenters. The Hall–Kier alpha value is -2.45. The summed E-state index contributed by atoms with van der Waals surface area (Å²) in [6.45, 7) is 3.20. The van der Waals surface area contributed by atoms with E-state index in [1.54, 1.807) is 0 Å². The molecule has 0 saturated heterocycles. The SMILES string of the molecule is CC/C=C/C/C=C/C/C=C/C/C=C/C/C=C/CCCCCC(=O)OC[C@H](COP(=O)(O)OC1C(O)C(O)C(O)[C@@H](O)C1O)OC(=O)CCCCCCCCCCCCCCCCCCCCCCCCC. The van der Waals surface area contributed by atoms with E-state index in [1.165, 1.54) is 116 Å². The molecule has 71 heavy (non-hydrogen) atoms. The quantitative estimate of drug-likeness (QED) is 0.0145. The predicted molar refractivity (Wildman–Crippen MR) is 286 cm³/mol. The molecule has 412 valence electrons. The molecule has 14 heteroatoms. The molecule has 0 radical (unpaired) electrons. The molecule has 0 bridgehead atoms. The summed E-state index contributed by atoms with van der Waals surface area (Å²) >= 11 is 0. The normalized spacial score (nSPS) is 21.1. The van der Waals surface area contributed by atoms with Gasteiger partial charge in [0, 0.05) is 12.8 Å². The van der Waals surface area contributed by atoms with Crippen molar-refractivity contribution in [3.05, 3.63) is 60.8 Å². The summed E-state index contributed by atoms with van der Waals surface area (Å²) in [6, 6.07) is 0. The van der Waals surface area contributed by atoms with Crippen molar-refractivity contribution in [2.75, 3.05) is 13.2 Å². The number of ether oxygens (including phenoxy) is 2. The topological polar surface area (TPSA) is 210 Å². The van der Waals surface area contributed by atoms with Crippen molar-refractivity contribution in [1.29, 1.82) is 0 Å². The third-order valence-corrected chi connectivity index (χ3v) is 13.9. The van der Waals surface area contributed by atoms with E-state index in [-0.39, 0.29) is 12.8 Å². The molecule has 1 saturated carbocycles. The van der Waals surface area contributed by atoms with Crippen molar-refractivity contribution in [3.8, 4) is 0 Å². The first kappa shape index (κ1) is 66.6. The van der Waals surface area contributed by atoms with Crippen LogP contribution in [0, 0.1) is 0 Å². The number of hydrogen-bond donors (Lipinski definition) is 6. The van der Waals surface area contributed by atoms with Crippen LogP contribution in [0.15, 0.2) is 60.8 Å². The third kappa shape index (κ3) is 37.9. The van der Waals surface area contributed by atoms with E-state index in [0.29, 0.717) is 12.8 Å². The van der Waals surface area contributed by atoms with Gasteiger partial charge in [-0.25, -0.2) is 4.57 Å². The number of phosphoric ester groups is 1. The van der Waals surface area contributed by atoms with E-state index < -0.39 is 75.7 Å². The summed E-state index contributed by atoms with van der Waals surface area (Å²) in [5.74, 6) is -1.13. The van der Waals surface area contributed by atoms with Gasteiger partial charge in [-0.2, -0.15) is 0 Å². The number of phosphoric acid groups is 1. The molecule has 0 spiro atoms. The average Bonchev–Trinajstić information content (AvgIpc) is 3.35. The molecule has 0 aliphatic heterocycles. The molecule has 1 aliphatic rings. The molecule has 1 aliphatic carbocycles. The van der Waals surface area contributed by atoms with Crippen LogP contribution in [0.3, 0.4) is 0 Å². The number of allylic oxidation sites excluding steroid dienone is 10. The summed E-state index contributed by atoms with van der Waals surface area (Å²) in [5, 5.41) is 50.4. The fourth-order valence-electron chi connectivity index (χ4n) is 8.43. The van der Waals surface area contributed by atoms with E-state index in [4.69, 9.17) is 18.5 Å². The van der Waals surface area contributed by atoms with Crippen LogP contribution in [0.5, 0.6) is 0 Å². The van der Waals surface area contributed by atoms with Crippen LogP contribution < -0.4 is 0 Å². The first-order valence-electron chi connectivity index (χ1n) is 28.1. The van der Waals surface area contributed by atoms with Crippen molar-refractivity contribution >= 4 is 19.8 Å². The maximum atomic E-state index is 12.9. The van der Waals surface area contributed by atoms with Crippen molar-refractivity contribution in [1.82, 2.24) is 0 Å². The Kier molecular flexibility index (Phi) is 43.2. The molecule has 0 aromatic rings. The van der Waals surface area contributed by atoms with Gasteiger partial charge in [-0.3, -0.25) is 18.6 Å². The van der Waals surface area contributed by atoms with E-state index in [1.807, 2.05) is 0 Å². The highest BCUT2D eigenvalue weighted by molar-refractivity contribution is 7.47. The molecule has 6 unspecified atom stereocenters. The number of carbonyl (C=O) groups excluding carboxylic acids is 2. The van der Waals surface area contributed by atoms with Gasteiger partial charge < -0.3 is 39.9 Å². The lowest BCUT2D eigenvalue weighted by molar-refractivity contribution is -0.220. The van der Waals surface area contributed by atoms with Gasteiger partial charge in [-0.15, -0.1) is 0 Å². The zero-order valence-electron chi connectivity index (χ0n) is 44.3. The maximum absolute atomic E-state index is 12.9. The zero-order valence-corrected chi connectivity index (χ0v) is 45.2. The smallest absolute Gasteiger partial charge is 0.462 e. The number of unbranched alkanes of at least 4 members (excludes halogenated alkanes) is 25. The van der Waals surface area contributed by atoms with E-state index in [2.05, 4.69) is 74.6 Å². The Morgan fingerprint density at radius 1 is 0.451 bits per heavy atom. The Morgan fingerprint density at radius 3 is 1.23 bits per heavy atom.